The molecule has 0 radical (unpaired) electrons. The van der Waals surface area contributed by atoms with Gasteiger partial charge in [-0.1, -0.05) is 12.1 Å². The highest BCUT2D eigenvalue weighted by atomic mass is 16.2. The Balaban J connectivity index is 1.68. The van der Waals surface area contributed by atoms with Crippen LogP contribution in [-0.4, -0.2) is 41.4 Å². The van der Waals surface area contributed by atoms with Gasteiger partial charge in [-0.25, -0.2) is 9.97 Å². The molecule has 2 aromatic heterocycles. The summed E-state index contributed by atoms with van der Waals surface area (Å²) in [6.07, 6.45) is 5.08. The number of rotatable bonds is 4. The summed E-state index contributed by atoms with van der Waals surface area (Å²) >= 11 is 0. The maximum absolute atomic E-state index is 13.0. The Kier molecular flexibility index (Phi) is 4.90. The Bertz CT molecular complexity index is 1250. The van der Waals surface area contributed by atoms with E-state index in [1.807, 2.05) is 47.7 Å². The van der Waals surface area contributed by atoms with E-state index < -0.39 is 0 Å². The van der Waals surface area contributed by atoms with Crippen LogP contribution in [0.25, 0.3) is 16.9 Å². The highest BCUT2D eigenvalue weighted by Crippen LogP contribution is 2.24. The molecule has 4 rings (SSSR count). The van der Waals surface area contributed by atoms with Crippen LogP contribution in [0.15, 0.2) is 67.1 Å². The first-order valence-electron chi connectivity index (χ1n) is 9.37. The van der Waals surface area contributed by atoms with Gasteiger partial charge >= 0.3 is 0 Å². The van der Waals surface area contributed by atoms with Crippen molar-refractivity contribution in [2.45, 2.75) is 0 Å². The van der Waals surface area contributed by atoms with Gasteiger partial charge in [-0.05, 0) is 36.4 Å². The molecule has 0 saturated carbocycles. The Morgan fingerprint density at radius 2 is 1.60 bits per heavy atom. The largest absolute Gasteiger partial charge is 0.378 e. The van der Waals surface area contributed by atoms with Crippen LogP contribution in [0.3, 0.4) is 0 Å². The van der Waals surface area contributed by atoms with Crippen molar-refractivity contribution in [2.75, 3.05) is 30.9 Å². The molecule has 148 valence electrons. The molecule has 0 unspecified atom stereocenters. The van der Waals surface area contributed by atoms with E-state index in [9.17, 15) is 4.79 Å². The van der Waals surface area contributed by atoms with Crippen molar-refractivity contribution in [1.29, 1.82) is 5.26 Å². The molecule has 0 fully saturated rings. The summed E-state index contributed by atoms with van der Waals surface area (Å²) in [5.74, 6) is -0.246. The van der Waals surface area contributed by atoms with Gasteiger partial charge in [-0.2, -0.15) is 5.26 Å². The third-order valence-electron chi connectivity index (χ3n) is 4.98. The predicted molar refractivity (Wildman–Crippen MR) is 117 cm³/mol. The molecule has 1 amide bonds. The molecular weight excluding hydrogens is 376 g/mol. The standard InChI is InChI=1S/C23H20N6O/c1-27(2)18-10-6-17(7-11-18)21-13-26-22-14-25-20(15-29(21)22)23(30)28(3)19-8-4-16(12-24)5-9-19/h4-11,13-15H,1-3H3. The number of benzene rings is 2. The zero-order valence-corrected chi connectivity index (χ0v) is 16.9. The maximum atomic E-state index is 13.0. The number of hydrogen-bond donors (Lipinski definition) is 0. The molecule has 0 aliphatic carbocycles. The van der Waals surface area contributed by atoms with Crippen molar-refractivity contribution in [3.63, 3.8) is 0 Å². The highest BCUT2D eigenvalue weighted by molar-refractivity contribution is 6.04. The monoisotopic (exact) mass is 396 g/mol. The van der Waals surface area contributed by atoms with Gasteiger partial charge in [0, 0.05) is 44.3 Å². The second kappa shape index (κ2) is 7.68. The van der Waals surface area contributed by atoms with Crippen molar-refractivity contribution in [3.05, 3.63) is 78.4 Å². The molecule has 0 saturated heterocycles. The summed E-state index contributed by atoms with van der Waals surface area (Å²) < 4.78 is 1.87. The van der Waals surface area contributed by atoms with Crippen LogP contribution in [0.4, 0.5) is 11.4 Å². The average molecular weight is 396 g/mol. The lowest BCUT2D eigenvalue weighted by atomic mass is 10.1. The van der Waals surface area contributed by atoms with E-state index in [1.165, 1.54) is 4.90 Å². The predicted octanol–water partition coefficient (Wildman–Crippen LogP) is 3.61. The summed E-state index contributed by atoms with van der Waals surface area (Å²) in [5, 5.41) is 8.95. The number of aromatic nitrogens is 3. The molecule has 0 bridgehead atoms. The Hall–Kier alpha value is -4.18. The first kappa shape index (κ1) is 19.2. The molecule has 0 aliphatic rings. The van der Waals surface area contributed by atoms with Crippen molar-refractivity contribution in [3.8, 4) is 17.3 Å². The molecular formula is C23H20N6O. The summed E-state index contributed by atoms with van der Waals surface area (Å²) in [6, 6.07) is 17.1. The third kappa shape index (κ3) is 3.47. The number of nitriles is 1. The number of anilines is 2. The smallest absolute Gasteiger partial charge is 0.278 e. The van der Waals surface area contributed by atoms with E-state index in [-0.39, 0.29) is 5.91 Å². The number of amides is 1. The first-order chi connectivity index (χ1) is 14.5. The summed E-state index contributed by atoms with van der Waals surface area (Å²) in [4.78, 5) is 25.3. The molecule has 0 atom stereocenters. The summed E-state index contributed by atoms with van der Waals surface area (Å²) in [7, 11) is 5.68. The topological polar surface area (TPSA) is 77.5 Å². The molecule has 0 N–H and O–H groups in total. The fraction of sp³-hybridized carbons (Fsp3) is 0.130. The normalized spacial score (nSPS) is 10.6. The molecule has 2 aromatic carbocycles. The van der Waals surface area contributed by atoms with Gasteiger partial charge in [0.1, 0.15) is 5.69 Å². The van der Waals surface area contributed by atoms with E-state index in [1.54, 1.807) is 49.9 Å². The molecule has 0 spiro atoms. The summed E-state index contributed by atoms with van der Waals surface area (Å²) in [5.41, 5.74) is 5.19. The van der Waals surface area contributed by atoms with Gasteiger partial charge in [-0.15, -0.1) is 0 Å². The van der Waals surface area contributed by atoms with Gasteiger partial charge in [0.25, 0.3) is 5.91 Å². The third-order valence-corrected chi connectivity index (χ3v) is 4.98. The van der Waals surface area contributed by atoms with Crippen LogP contribution in [-0.2, 0) is 0 Å². The molecule has 0 aliphatic heterocycles. The van der Waals surface area contributed by atoms with Crippen molar-refractivity contribution in [1.82, 2.24) is 14.4 Å². The van der Waals surface area contributed by atoms with Crippen LogP contribution < -0.4 is 9.80 Å². The quantitative estimate of drug-likeness (QED) is 0.527. The van der Waals surface area contributed by atoms with Crippen molar-refractivity contribution in [2.24, 2.45) is 0 Å². The van der Waals surface area contributed by atoms with Crippen LogP contribution in [0, 0.1) is 11.3 Å². The van der Waals surface area contributed by atoms with E-state index >= 15 is 0 Å². The number of carbonyl (C=O) groups is 1. The van der Waals surface area contributed by atoms with E-state index in [0.29, 0.717) is 22.6 Å². The molecule has 7 heteroatoms. The van der Waals surface area contributed by atoms with Gasteiger partial charge in [-0.3, -0.25) is 9.20 Å². The Labute approximate surface area is 174 Å². The van der Waals surface area contributed by atoms with Crippen LogP contribution >= 0.6 is 0 Å². The van der Waals surface area contributed by atoms with Crippen molar-refractivity contribution >= 4 is 22.9 Å². The Morgan fingerprint density at radius 3 is 2.23 bits per heavy atom. The van der Waals surface area contributed by atoms with E-state index in [2.05, 4.69) is 16.0 Å². The highest BCUT2D eigenvalue weighted by Gasteiger charge is 2.17. The van der Waals surface area contributed by atoms with Crippen LogP contribution in [0.5, 0.6) is 0 Å². The van der Waals surface area contributed by atoms with E-state index in [0.717, 1.165) is 16.9 Å². The van der Waals surface area contributed by atoms with Crippen molar-refractivity contribution < 1.29 is 4.79 Å². The second-order valence-electron chi connectivity index (χ2n) is 7.11. The lowest BCUT2D eigenvalue weighted by molar-refractivity contribution is 0.0988. The molecule has 30 heavy (non-hydrogen) atoms. The number of carbonyl (C=O) groups excluding carboxylic acids is 1. The van der Waals surface area contributed by atoms with Gasteiger partial charge in [0.2, 0.25) is 0 Å². The van der Waals surface area contributed by atoms with Crippen LogP contribution in [0.2, 0.25) is 0 Å². The summed E-state index contributed by atoms with van der Waals surface area (Å²) in [6.45, 7) is 0. The van der Waals surface area contributed by atoms with Crippen LogP contribution in [0.1, 0.15) is 16.1 Å². The second-order valence-corrected chi connectivity index (χ2v) is 7.11. The lowest BCUT2D eigenvalue weighted by Gasteiger charge is -2.17. The number of hydrogen-bond acceptors (Lipinski definition) is 5. The van der Waals surface area contributed by atoms with Gasteiger partial charge in [0.15, 0.2) is 5.65 Å². The minimum atomic E-state index is -0.246. The lowest BCUT2D eigenvalue weighted by Crippen LogP contribution is -2.27. The maximum Gasteiger partial charge on any atom is 0.278 e. The SMILES string of the molecule is CN(C)c1ccc(-c2cnc3cnc(C(=O)N(C)c4ccc(C#N)cc4)cn23)cc1. The number of imidazole rings is 1. The minimum absolute atomic E-state index is 0.246. The Morgan fingerprint density at radius 1 is 0.933 bits per heavy atom. The molecule has 7 nitrogen and oxygen atoms in total. The minimum Gasteiger partial charge on any atom is -0.378 e. The molecule has 4 aromatic rings. The fourth-order valence-corrected chi connectivity index (χ4v) is 3.19. The van der Waals surface area contributed by atoms with Gasteiger partial charge in [0.05, 0.1) is 29.7 Å². The van der Waals surface area contributed by atoms with Gasteiger partial charge < -0.3 is 9.80 Å². The number of fused-ring (bicyclic) bond motifs is 1. The van der Waals surface area contributed by atoms with E-state index in [4.69, 9.17) is 5.26 Å². The zero-order chi connectivity index (χ0) is 21.3. The fourth-order valence-electron chi connectivity index (χ4n) is 3.19. The number of nitrogens with zero attached hydrogens (tertiary/aromatic N) is 6. The first-order valence-corrected chi connectivity index (χ1v) is 9.37. The zero-order valence-electron chi connectivity index (χ0n) is 16.9. The average Bonchev–Trinajstić information content (AvgIpc) is 3.21. The molecule has 2 heterocycles.